The molecule has 0 aromatic heterocycles. The Hall–Kier alpha value is -0.610. The van der Waals surface area contributed by atoms with Gasteiger partial charge in [0.1, 0.15) is 30.2 Å². The van der Waals surface area contributed by atoms with Gasteiger partial charge in [-0.1, -0.05) is 0 Å². The highest BCUT2D eigenvalue weighted by Crippen LogP contribution is 2.22. The van der Waals surface area contributed by atoms with Crippen LogP contribution in [0.5, 0.6) is 0 Å². The van der Waals surface area contributed by atoms with E-state index in [0.717, 1.165) is 0 Å². The predicted molar refractivity (Wildman–Crippen MR) is 72.2 cm³/mol. The summed E-state index contributed by atoms with van der Waals surface area (Å²) in [6.45, 7) is 1.36. The quantitative estimate of drug-likeness (QED) is 0.321. The first-order chi connectivity index (χ1) is 9.88. The zero-order valence-corrected chi connectivity index (χ0v) is 12.1. The maximum atomic E-state index is 11.3. The third-order valence-electron chi connectivity index (χ3n) is 3.46. The molecule has 8 heteroatoms. The summed E-state index contributed by atoms with van der Waals surface area (Å²) < 4.78 is 10.5. The van der Waals surface area contributed by atoms with Crippen LogP contribution in [0.3, 0.4) is 0 Å². The number of hydrogen-bond donors (Lipinski definition) is 5. The van der Waals surface area contributed by atoms with Gasteiger partial charge in [0.15, 0.2) is 6.29 Å². The summed E-state index contributed by atoms with van der Waals surface area (Å²) >= 11 is 0. The lowest BCUT2D eigenvalue weighted by atomic mass is 9.99. The van der Waals surface area contributed by atoms with Gasteiger partial charge < -0.3 is 35.6 Å². The maximum absolute atomic E-state index is 11.3. The number of carbonyl (C=O) groups is 1. The van der Waals surface area contributed by atoms with Gasteiger partial charge in [0.05, 0.1) is 12.6 Å². The molecule has 0 spiro atoms. The summed E-state index contributed by atoms with van der Waals surface area (Å²) in [4.78, 5) is 11.3. The van der Waals surface area contributed by atoms with Crippen LogP contribution >= 0.6 is 0 Å². The van der Waals surface area contributed by atoms with E-state index in [9.17, 15) is 20.1 Å². The van der Waals surface area contributed by atoms with Crippen LogP contribution in [-0.2, 0) is 14.3 Å². The number of nitrogens with two attached hydrogens (primary N) is 1. The Balaban J connectivity index is 2.29. The summed E-state index contributed by atoms with van der Waals surface area (Å²) in [7, 11) is 0. The molecular weight excluding hydrogens is 282 g/mol. The Morgan fingerprint density at radius 1 is 1.24 bits per heavy atom. The molecule has 1 aliphatic heterocycles. The summed E-state index contributed by atoms with van der Waals surface area (Å²) in [5, 5.41) is 37.9. The monoisotopic (exact) mass is 307 g/mol. The molecule has 6 atom stereocenters. The number of hydrogen-bond acceptors (Lipinski definition) is 8. The van der Waals surface area contributed by atoms with E-state index in [1.54, 1.807) is 6.92 Å². The Bertz CT molecular complexity index is 324. The first-order valence-corrected chi connectivity index (χ1v) is 7.09. The van der Waals surface area contributed by atoms with E-state index in [-0.39, 0.29) is 12.4 Å². The molecule has 0 aromatic rings. The van der Waals surface area contributed by atoms with Crippen LogP contribution in [0.2, 0.25) is 0 Å². The number of unbranched alkanes of at least 4 members (excludes halogenated alkanes) is 1. The minimum Gasteiger partial charge on any atom is -0.394 e. The Morgan fingerprint density at radius 3 is 2.48 bits per heavy atom. The SMILES string of the molecule is C[C@@H](N)C(=O)CCCCOC1OC(CO)C(O)C(O)C1O. The van der Waals surface area contributed by atoms with Crippen LogP contribution in [0.4, 0.5) is 0 Å². The van der Waals surface area contributed by atoms with Crippen molar-refractivity contribution in [1.82, 2.24) is 0 Å². The van der Waals surface area contributed by atoms with Gasteiger partial charge in [-0.25, -0.2) is 0 Å². The lowest BCUT2D eigenvalue weighted by Gasteiger charge is -2.39. The number of Topliss-reactive ketones (excluding diaryl/α,β-unsaturated/α-hetero) is 1. The van der Waals surface area contributed by atoms with Gasteiger partial charge in [0.2, 0.25) is 0 Å². The van der Waals surface area contributed by atoms with Gasteiger partial charge in [-0.05, 0) is 19.8 Å². The molecular formula is C13H25NO7. The molecule has 124 valence electrons. The highest BCUT2D eigenvalue weighted by molar-refractivity contribution is 5.83. The third-order valence-corrected chi connectivity index (χ3v) is 3.46. The van der Waals surface area contributed by atoms with Crippen molar-refractivity contribution in [2.45, 2.75) is 62.9 Å². The minimum absolute atomic E-state index is 0.0251. The van der Waals surface area contributed by atoms with Crippen molar-refractivity contribution >= 4 is 5.78 Å². The molecule has 21 heavy (non-hydrogen) atoms. The van der Waals surface area contributed by atoms with Crippen LogP contribution in [0.1, 0.15) is 26.2 Å². The number of rotatable bonds is 8. The van der Waals surface area contributed by atoms with E-state index >= 15 is 0 Å². The van der Waals surface area contributed by atoms with E-state index < -0.39 is 43.4 Å². The van der Waals surface area contributed by atoms with Crippen molar-refractivity contribution in [2.24, 2.45) is 5.73 Å². The van der Waals surface area contributed by atoms with Gasteiger partial charge in [-0.15, -0.1) is 0 Å². The zero-order chi connectivity index (χ0) is 16.0. The van der Waals surface area contributed by atoms with Gasteiger partial charge in [-0.2, -0.15) is 0 Å². The summed E-state index contributed by atoms with van der Waals surface area (Å²) in [5.74, 6) is -0.0251. The standard InChI is InChI=1S/C13H25NO7/c1-7(14)8(16)4-2-3-5-20-13-12(19)11(18)10(17)9(6-15)21-13/h7,9-13,15,17-19H,2-6,14H2,1H3/t7-,9?,10?,11?,12?,13?/m1/s1. The molecule has 0 bridgehead atoms. The molecule has 1 aliphatic rings. The molecule has 1 saturated heterocycles. The fraction of sp³-hybridized carbons (Fsp3) is 0.923. The highest BCUT2D eigenvalue weighted by atomic mass is 16.7. The number of carbonyl (C=O) groups excluding carboxylic acids is 1. The highest BCUT2D eigenvalue weighted by Gasteiger charge is 2.43. The van der Waals surface area contributed by atoms with Crippen LogP contribution in [0.25, 0.3) is 0 Å². The first-order valence-electron chi connectivity index (χ1n) is 7.09. The Kier molecular flexibility index (Phi) is 7.67. The van der Waals surface area contributed by atoms with Crippen molar-refractivity contribution in [3.8, 4) is 0 Å². The predicted octanol–water partition coefficient (Wildman–Crippen LogP) is -2.11. The van der Waals surface area contributed by atoms with E-state index in [0.29, 0.717) is 19.3 Å². The molecule has 0 radical (unpaired) electrons. The van der Waals surface area contributed by atoms with Crippen molar-refractivity contribution in [1.29, 1.82) is 0 Å². The second-order valence-electron chi connectivity index (χ2n) is 5.28. The van der Waals surface area contributed by atoms with Crippen LogP contribution in [0, 0.1) is 0 Å². The van der Waals surface area contributed by atoms with Crippen molar-refractivity contribution < 1.29 is 34.7 Å². The molecule has 0 amide bonds. The number of aliphatic hydroxyl groups excluding tert-OH is 4. The van der Waals surface area contributed by atoms with Crippen LogP contribution in [0.15, 0.2) is 0 Å². The lowest BCUT2D eigenvalue weighted by Crippen LogP contribution is -2.59. The number of aliphatic hydroxyl groups is 4. The third kappa shape index (κ3) is 5.26. The smallest absolute Gasteiger partial charge is 0.186 e. The van der Waals surface area contributed by atoms with E-state index in [4.69, 9.17) is 20.3 Å². The summed E-state index contributed by atoms with van der Waals surface area (Å²) in [6, 6.07) is -0.476. The topological polar surface area (TPSA) is 142 Å². The zero-order valence-electron chi connectivity index (χ0n) is 12.1. The van der Waals surface area contributed by atoms with Crippen LogP contribution in [-0.4, -0.2) is 76.2 Å². The number of ether oxygens (including phenoxy) is 2. The molecule has 1 rings (SSSR count). The average Bonchev–Trinajstić information content (AvgIpc) is 2.46. The van der Waals surface area contributed by atoms with Gasteiger partial charge in [-0.3, -0.25) is 4.79 Å². The Morgan fingerprint density at radius 2 is 1.90 bits per heavy atom. The molecule has 0 saturated carbocycles. The van der Waals surface area contributed by atoms with E-state index in [1.807, 2.05) is 0 Å². The molecule has 0 aliphatic carbocycles. The van der Waals surface area contributed by atoms with Gasteiger partial charge >= 0.3 is 0 Å². The van der Waals surface area contributed by atoms with E-state index in [2.05, 4.69) is 0 Å². The molecule has 5 unspecified atom stereocenters. The van der Waals surface area contributed by atoms with Crippen molar-refractivity contribution in [3.05, 3.63) is 0 Å². The molecule has 6 N–H and O–H groups in total. The Labute approximate surface area is 123 Å². The number of ketones is 1. The second kappa shape index (κ2) is 8.74. The maximum Gasteiger partial charge on any atom is 0.186 e. The molecule has 0 aromatic carbocycles. The summed E-state index contributed by atoms with van der Waals surface area (Å²) in [5.41, 5.74) is 5.44. The van der Waals surface area contributed by atoms with Crippen molar-refractivity contribution in [2.75, 3.05) is 13.2 Å². The first kappa shape index (κ1) is 18.4. The lowest BCUT2D eigenvalue weighted by molar-refractivity contribution is -0.301. The fourth-order valence-electron chi connectivity index (χ4n) is 2.03. The molecule has 8 nitrogen and oxygen atoms in total. The van der Waals surface area contributed by atoms with Crippen LogP contribution < -0.4 is 5.73 Å². The molecule has 1 fully saturated rings. The summed E-state index contributed by atoms with van der Waals surface area (Å²) in [6.07, 6.45) is -4.82. The molecule has 1 heterocycles. The van der Waals surface area contributed by atoms with Crippen molar-refractivity contribution in [3.63, 3.8) is 0 Å². The van der Waals surface area contributed by atoms with E-state index in [1.165, 1.54) is 0 Å². The minimum atomic E-state index is -1.44. The van der Waals surface area contributed by atoms with Gasteiger partial charge in [0, 0.05) is 13.0 Å². The average molecular weight is 307 g/mol. The van der Waals surface area contributed by atoms with Gasteiger partial charge in [0.25, 0.3) is 0 Å². The fourth-order valence-corrected chi connectivity index (χ4v) is 2.03. The second-order valence-corrected chi connectivity index (χ2v) is 5.28. The largest absolute Gasteiger partial charge is 0.394 e. The normalized spacial score (nSPS) is 34.7.